The van der Waals surface area contributed by atoms with Crippen molar-refractivity contribution >= 4 is 39.1 Å². The normalized spacial score (nSPS) is 15.8. The van der Waals surface area contributed by atoms with Gasteiger partial charge in [-0.1, -0.05) is 18.2 Å². The summed E-state index contributed by atoms with van der Waals surface area (Å²) in [7, 11) is -3.31. The quantitative estimate of drug-likeness (QED) is 0.603. The van der Waals surface area contributed by atoms with Crippen molar-refractivity contribution in [3.8, 4) is 5.75 Å². The van der Waals surface area contributed by atoms with Crippen LogP contribution in [0, 0.1) is 6.92 Å². The first-order valence-corrected chi connectivity index (χ1v) is 10.8. The zero-order valence-electron chi connectivity index (χ0n) is 14.3. The van der Waals surface area contributed by atoms with Gasteiger partial charge in [-0.3, -0.25) is 9.10 Å². The topological polar surface area (TPSA) is 86.7 Å². The molecule has 0 saturated carbocycles. The standard InChI is InChI=1S/C18H20N2O4S2/c1-13-5-2-3-6-17(13)25-12-18(22)19-15-11-14(7-8-16(15)21)20-9-4-10-26(20,23)24/h2-3,5-8,11,21H,4,9-10,12H2,1H3,(H,19,22). The molecule has 2 aromatic rings. The van der Waals surface area contributed by atoms with Crippen LogP contribution in [0.25, 0.3) is 0 Å². The molecule has 1 heterocycles. The van der Waals surface area contributed by atoms with E-state index in [-0.39, 0.29) is 28.8 Å². The smallest absolute Gasteiger partial charge is 0.235 e. The molecule has 0 aromatic heterocycles. The summed E-state index contributed by atoms with van der Waals surface area (Å²) < 4.78 is 25.4. The van der Waals surface area contributed by atoms with Crippen molar-refractivity contribution in [2.24, 2.45) is 0 Å². The van der Waals surface area contributed by atoms with Crippen LogP contribution < -0.4 is 9.62 Å². The molecule has 8 heteroatoms. The van der Waals surface area contributed by atoms with Gasteiger partial charge in [-0.15, -0.1) is 11.8 Å². The van der Waals surface area contributed by atoms with E-state index in [1.54, 1.807) is 0 Å². The molecule has 0 atom stereocenters. The number of rotatable bonds is 5. The molecule has 1 aliphatic heterocycles. The number of carbonyl (C=O) groups excluding carboxylic acids is 1. The molecule has 2 N–H and O–H groups in total. The van der Waals surface area contributed by atoms with E-state index in [2.05, 4.69) is 5.32 Å². The third-order valence-corrected chi connectivity index (χ3v) is 7.14. The third kappa shape index (κ3) is 4.13. The fourth-order valence-electron chi connectivity index (χ4n) is 2.76. The van der Waals surface area contributed by atoms with E-state index >= 15 is 0 Å². The van der Waals surface area contributed by atoms with E-state index in [1.807, 2.05) is 31.2 Å². The maximum Gasteiger partial charge on any atom is 0.235 e. The number of nitrogens with zero attached hydrogens (tertiary/aromatic N) is 1. The monoisotopic (exact) mass is 392 g/mol. The summed E-state index contributed by atoms with van der Waals surface area (Å²) in [5, 5.41) is 12.7. The highest BCUT2D eigenvalue weighted by Gasteiger charge is 2.28. The summed E-state index contributed by atoms with van der Waals surface area (Å²) >= 11 is 1.41. The summed E-state index contributed by atoms with van der Waals surface area (Å²) in [4.78, 5) is 13.3. The molecular weight excluding hydrogens is 372 g/mol. The van der Waals surface area contributed by atoms with Gasteiger partial charge in [0.05, 0.1) is 22.9 Å². The van der Waals surface area contributed by atoms with E-state index < -0.39 is 10.0 Å². The van der Waals surface area contributed by atoms with Gasteiger partial charge in [0.15, 0.2) is 0 Å². The summed E-state index contributed by atoms with van der Waals surface area (Å²) in [6.07, 6.45) is 0.567. The lowest BCUT2D eigenvalue weighted by atomic mass is 10.2. The van der Waals surface area contributed by atoms with Gasteiger partial charge >= 0.3 is 0 Å². The van der Waals surface area contributed by atoms with Gasteiger partial charge in [0.1, 0.15) is 5.75 Å². The molecule has 138 valence electrons. The van der Waals surface area contributed by atoms with Crippen molar-refractivity contribution in [1.29, 1.82) is 0 Å². The fraction of sp³-hybridized carbons (Fsp3) is 0.278. The summed E-state index contributed by atoms with van der Waals surface area (Å²) in [5.74, 6) is -0.0614. The molecular formula is C18H20N2O4S2. The number of anilines is 2. The number of aryl methyl sites for hydroxylation is 1. The number of hydrogen-bond donors (Lipinski definition) is 2. The van der Waals surface area contributed by atoms with Crippen LogP contribution in [0.2, 0.25) is 0 Å². The number of amides is 1. The second kappa shape index (κ2) is 7.59. The van der Waals surface area contributed by atoms with Crippen LogP contribution in [0.5, 0.6) is 5.75 Å². The predicted molar refractivity (Wildman–Crippen MR) is 104 cm³/mol. The number of hydrogen-bond acceptors (Lipinski definition) is 5. The zero-order chi connectivity index (χ0) is 18.7. The van der Waals surface area contributed by atoms with Gasteiger partial charge in [-0.05, 0) is 43.2 Å². The highest BCUT2D eigenvalue weighted by atomic mass is 32.2. The average Bonchev–Trinajstić information content (AvgIpc) is 2.95. The Morgan fingerprint density at radius 2 is 2.04 bits per heavy atom. The zero-order valence-corrected chi connectivity index (χ0v) is 15.9. The highest BCUT2D eigenvalue weighted by Crippen LogP contribution is 2.32. The van der Waals surface area contributed by atoms with Crippen LogP contribution in [-0.2, 0) is 14.8 Å². The summed E-state index contributed by atoms with van der Waals surface area (Å²) in [5.41, 5.74) is 1.75. The lowest BCUT2D eigenvalue weighted by Crippen LogP contribution is -2.25. The maximum absolute atomic E-state index is 12.2. The van der Waals surface area contributed by atoms with Gasteiger partial charge < -0.3 is 10.4 Å². The Labute approximate surface area is 157 Å². The molecule has 0 radical (unpaired) electrons. The summed E-state index contributed by atoms with van der Waals surface area (Å²) in [6.45, 7) is 2.38. The van der Waals surface area contributed by atoms with Crippen LogP contribution in [0.3, 0.4) is 0 Å². The number of aromatic hydroxyl groups is 1. The van der Waals surface area contributed by atoms with Crippen LogP contribution in [0.4, 0.5) is 11.4 Å². The predicted octanol–water partition coefficient (Wildman–Crippen LogP) is 2.97. The number of phenols is 1. The van der Waals surface area contributed by atoms with Crippen molar-refractivity contribution in [1.82, 2.24) is 0 Å². The van der Waals surface area contributed by atoms with E-state index in [4.69, 9.17) is 0 Å². The minimum absolute atomic E-state index is 0.0976. The van der Waals surface area contributed by atoms with Gasteiger partial charge in [0, 0.05) is 11.4 Å². The Bertz CT molecular complexity index is 929. The molecule has 0 unspecified atom stereocenters. The number of phenolic OH excluding ortho intramolecular Hbond substituents is 1. The Balaban J connectivity index is 1.70. The largest absolute Gasteiger partial charge is 0.506 e. The maximum atomic E-state index is 12.2. The first kappa shape index (κ1) is 18.6. The molecule has 0 aliphatic carbocycles. The van der Waals surface area contributed by atoms with Gasteiger partial charge in [-0.2, -0.15) is 0 Å². The molecule has 0 bridgehead atoms. The molecule has 26 heavy (non-hydrogen) atoms. The van der Waals surface area contributed by atoms with Crippen LogP contribution in [-0.4, -0.2) is 37.5 Å². The van der Waals surface area contributed by atoms with Gasteiger partial charge in [0.2, 0.25) is 15.9 Å². The van der Waals surface area contributed by atoms with Crippen molar-refractivity contribution in [2.45, 2.75) is 18.2 Å². The minimum atomic E-state index is -3.31. The SMILES string of the molecule is Cc1ccccc1SCC(=O)Nc1cc(N2CCCS2(=O)=O)ccc1O. The van der Waals surface area contributed by atoms with Crippen molar-refractivity contribution in [3.05, 3.63) is 48.0 Å². The molecule has 1 fully saturated rings. The summed E-state index contributed by atoms with van der Waals surface area (Å²) in [6, 6.07) is 12.2. The van der Waals surface area contributed by atoms with Crippen LogP contribution in [0.15, 0.2) is 47.4 Å². The second-order valence-corrected chi connectivity index (χ2v) is 9.08. The van der Waals surface area contributed by atoms with Gasteiger partial charge in [0.25, 0.3) is 0 Å². The van der Waals surface area contributed by atoms with Gasteiger partial charge in [-0.25, -0.2) is 8.42 Å². The lowest BCUT2D eigenvalue weighted by Gasteiger charge is -2.18. The molecule has 3 rings (SSSR count). The number of carbonyl (C=O) groups is 1. The van der Waals surface area contributed by atoms with Crippen molar-refractivity contribution in [3.63, 3.8) is 0 Å². The van der Waals surface area contributed by atoms with Crippen molar-refractivity contribution < 1.29 is 18.3 Å². The van der Waals surface area contributed by atoms with E-state index in [0.29, 0.717) is 18.7 Å². The van der Waals surface area contributed by atoms with E-state index in [9.17, 15) is 18.3 Å². The number of sulfonamides is 1. The first-order valence-electron chi connectivity index (χ1n) is 8.18. The molecule has 1 amide bonds. The molecule has 0 spiro atoms. The number of benzene rings is 2. The third-order valence-electron chi connectivity index (χ3n) is 4.09. The van der Waals surface area contributed by atoms with E-state index in [0.717, 1.165) is 10.5 Å². The molecule has 2 aromatic carbocycles. The number of thioether (sulfide) groups is 1. The average molecular weight is 393 g/mol. The first-order chi connectivity index (χ1) is 12.4. The molecule has 1 saturated heterocycles. The van der Waals surface area contributed by atoms with E-state index in [1.165, 1.54) is 34.3 Å². The Kier molecular flexibility index (Phi) is 5.43. The Hall–Kier alpha value is -2.19. The molecule has 6 nitrogen and oxygen atoms in total. The Morgan fingerprint density at radius 1 is 1.27 bits per heavy atom. The number of nitrogens with one attached hydrogen (secondary N) is 1. The highest BCUT2D eigenvalue weighted by molar-refractivity contribution is 8.00. The van der Waals surface area contributed by atoms with Crippen molar-refractivity contribution in [2.75, 3.05) is 27.7 Å². The fourth-order valence-corrected chi connectivity index (χ4v) is 5.14. The van der Waals surface area contributed by atoms with Crippen LogP contribution >= 0.6 is 11.8 Å². The Morgan fingerprint density at radius 3 is 2.73 bits per heavy atom. The lowest BCUT2D eigenvalue weighted by molar-refractivity contribution is -0.113. The van der Waals surface area contributed by atoms with Crippen LogP contribution in [0.1, 0.15) is 12.0 Å². The molecule has 1 aliphatic rings. The second-order valence-electron chi connectivity index (χ2n) is 6.05. The minimum Gasteiger partial charge on any atom is -0.506 e.